The Bertz CT molecular complexity index is 1230. The third-order valence-electron chi connectivity index (χ3n) is 7.78. The van der Waals surface area contributed by atoms with Crippen molar-refractivity contribution in [3.63, 3.8) is 0 Å². The first-order chi connectivity index (χ1) is 21.3. The SMILES string of the molecule is CCCCC(=CCOC(=O)CCCNC(=O)C(CCC(=O)O)NC(=O)OCC1c2ccccc2-c2ccccc21)CCCC. The molecule has 2 aromatic carbocycles. The second-order valence-electron chi connectivity index (χ2n) is 11.1. The van der Waals surface area contributed by atoms with Crippen LogP contribution in [0.5, 0.6) is 0 Å². The summed E-state index contributed by atoms with van der Waals surface area (Å²) in [4.78, 5) is 49.0. The molecular weight excluding hydrogens is 560 g/mol. The number of unbranched alkanes of at least 4 members (excludes halogenated alkanes) is 2. The monoisotopic (exact) mass is 606 g/mol. The van der Waals surface area contributed by atoms with Gasteiger partial charge in [0, 0.05) is 25.3 Å². The molecule has 9 nitrogen and oxygen atoms in total. The van der Waals surface area contributed by atoms with E-state index in [4.69, 9.17) is 14.6 Å². The quantitative estimate of drug-likeness (QED) is 0.0944. The molecule has 0 radical (unpaired) electrons. The number of esters is 1. The van der Waals surface area contributed by atoms with Gasteiger partial charge < -0.3 is 25.2 Å². The predicted octanol–water partition coefficient (Wildman–Crippen LogP) is 6.50. The summed E-state index contributed by atoms with van der Waals surface area (Å²) < 4.78 is 10.9. The Balaban J connectivity index is 1.45. The van der Waals surface area contributed by atoms with Gasteiger partial charge in [0.2, 0.25) is 5.91 Å². The van der Waals surface area contributed by atoms with Crippen molar-refractivity contribution in [2.24, 2.45) is 0 Å². The summed E-state index contributed by atoms with van der Waals surface area (Å²) in [5.41, 5.74) is 5.64. The number of alkyl carbamates (subject to hydrolysis) is 1. The number of nitrogens with one attached hydrogen (secondary N) is 2. The summed E-state index contributed by atoms with van der Waals surface area (Å²) in [6.45, 7) is 4.81. The van der Waals surface area contributed by atoms with E-state index in [0.29, 0.717) is 6.42 Å². The van der Waals surface area contributed by atoms with Crippen LogP contribution in [0.15, 0.2) is 60.2 Å². The zero-order valence-corrected chi connectivity index (χ0v) is 25.9. The third kappa shape index (κ3) is 10.8. The molecule has 0 spiro atoms. The Labute approximate surface area is 260 Å². The highest BCUT2D eigenvalue weighted by molar-refractivity contribution is 5.86. The molecule has 9 heteroatoms. The Morgan fingerprint density at radius 1 is 0.841 bits per heavy atom. The average molecular weight is 607 g/mol. The Morgan fingerprint density at radius 2 is 1.45 bits per heavy atom. The molecule has 238 valence electrons. The summed E-state index contributed by atoms with van der Waals surface area (Å²) in [6.07, 6.45) is 7.80. The van der Waals surface area contributed by atoms with Gasteiger partial charge >= 0.3 is 18.0 Å². The van der Waals surface area contributed by atoms with Crippen molar-refractivity contribution >= 4 is 23.9 Å². The minimum absolute atomic E-state index is 0.0726. The number of carbonyl (C=O) groups is 4. The minimum atomic E-state index is -1.09. The first-order valence-electron chi connectivity index (χ1n) is 15.8. The Morgan fingerprint density at radius 3 is 2.05 bits per heavy atom. The van der Waals surface area contributed by atoms with E-state index in [-0.39, 0.29) is 50.9 Å². The van der Waals surface area contributed by atoms with Crippen LogP contribution in [-0.2, 0) is 23.9 Å². The lowest BCUT2D eigenvalue weighted by atomic mass is 9.98. The highest BCUT2D eigenvalue weighted by Gasteiger charge is 2.30. The maximum Gasteiger partial charge on any atom is 0.407 e. The first kappa shape index (κ1) is 34.4. The van der Waals surface area contributed by atoms with Crippen molar-refractivity contribution in [3.8, 4) is 11.1 Å². The average Bonchev–Trinajstić information content (AvgIpc) is 3.34. The standard InChI is InChI=1S/C35H46N2O7/c1-3-5-12-25(13-6-4-2)21-23-43-33(40)18-11-22-36-34(41)31(19-20-32(38)39)37-35(42)44-24-30-28-16-9-7-14-26(28)27-15-8-10-17-29(27)30/h7-10,14-17,21,30-31H,3-6,11-13,18-20,22-24H2,1-2H3,(H,36,41)(H,37,42)(H,38,39). The number of benzene rings is 2. The van der Waals surface area contributed by atoms with E-state index in [1.54, 1.807) is 0 Å². The number of fused-ring (bicyclic) bond motifs is 3. The van der Waals surface area contributed by atoms with Gasteiger partial charge in [-0.05, 0) is 66.9 Å². The van der Waals surface area contributed by atoms with E-state index in [0.717, 1.165) is 60.8 Å². The van der Waals surface area contributed by atoms with Crippen molar-refractivity contribution in [2.45, 2.75) is 90.0 Å². The van der Waals surface area contributed by atoms with E-state index in [1.807, 2.05) is 54.6 Å². The van der Waals surface area contributed by atoms with Gasteiger partial charge in [-0.25, -0.2) is 4.79 Å². The van der Waals surface area contributed by atoms with Gasteiger partial charge in [-0.3, -0.25) is 14.4 Å². The fraction of sp³-hybridized carbons (Fsp3) is 0.486. The number of aliphatic carboxylic acids is 1. The molecule has 1 aliphatic carbocycles. The van der Waals surface area contributed by atoms with E-state index >= 15 is 0 Å². The van der Waals surface area contributed by atoms with Gasteiger partial charge in [-0.15, -0.1) is 0 Å². The van der Waals surface area contributed by atoms with E-state index in [9.17, 15) is 19.2 Å². The lowest BCUT2D eigenvalue weighted by Gasteiger charge is -2.19. The summed E-state index contributed by atoms with van der Waals surface area (Å²) >= 11 is 0. The third-order valence-corrected chi connectivity index (χ3v) is 7.78. The summed E-state index contributed by atoms with van der Waals surface area (Å²) in [5.74, 6) is -2.11. The van der Waals surface area contributed by atoms with Crippen molar-refractivity contribution in [3.05, 3.63) is 71.3 Å². The van der Waals surface area contributed by atoms with Gasteiger partial charge in [-0.2, -0.15) is 0 Å². The van der Waals surface area contributed by atoms with Crippen LogP contribution in [0, 0.1) is 0 Å². The minimum Gasteiger partial charge on any atom is -0.481 e. The number of carbonyl (C=O) groups excluding carboxylic acids is 3. The van der Waals surface area contributed by atoms with Crippen LogP contribution in [0.1, 0.15) is 95.1 Å². The zero-order valence-electron chi connectivity index (χ0n) is 25.9. The summed E-state index contributed by atoms with van der Waals surface area (Å²) in [5, 5.41) is 14.4. The predicted molar refractivity (Wildman–Crippen MR) is 169 cm³/mol. The topological polar surface area (TPSA) is 131 Å². The molecule has 0 aromatic heterocycles. The lowest BCUT2D eigenvalue weighted by Crippen LogP contribution is -2.47. The molecule has 0 bridgehead atoms. The molecular formula is C35H46N2O7. The molecule has 0 fully saturated rings. The summed E-state index contributed by atoms with van der Waals surface area (Å²) in [6, 6.07) is 14.8. The van der Waals surface area contributed by atoms with Gasteiger partial charge in [0.1, 0.15) is 19.3 Å². The van der Waals surface area contributed by atoms with E-state index in [1.165, 1.54) is 5.57 Å². The number of rotatable bonds is 19. The van der Waals surface area contributed by atoms with Crippen LogP contribution in [0.4, 0.5) is 4.79 Å². The first-order valence-corrected chi connectivity index (χ1v) is 15.8. The second-order valence-corrected chi connectivity index (χ2v) is 11.1. The molecule has 0 aliphatic heterocycles. The van der Waals surface area contributed by atoms with Crippen molar-refractivity contribution < 1.29 is 33.8 Å². The smallest absolute Gasteiger partial charge is 0.407 e. The number of carboxylic acids is 1. The van der Waals surface area contributed by atoms with Gasteiger partial charge in [-0.1, -0.05) is 80.8 Å². The number of hydrogen-bond acceptors (Lipinski definition) is 6. The highest BCUT2D eigenvalue weighted by atomic mass is 16.5. The van der Waals surface area contributed by atoms with Gasteiger partial charge in [0.15, 0.2) is 0 Å². The molecule has 3 rings (SSSR count). The fourth-order valence-electron chi connectivity index (χ4n) is 5.35. The molecule has 0 heterocycles. The number of ether oxygens (including phenoxy) is 2. The lowest BCUT2D eigenvalue weighted by molar-refractivity contribution is -0.142. The summed E-state index contributed by atoms with van der Waals surface area (Å²) in [7, 11) is 0. The number of hydrogen-bond donors (Lipinski definition) is 3. The molecule has 0 saturated heterocycles. The van der Waals surface area contributed by atoms with Crippen LogP contribution in [0.3, 0.4) is 0 Å². The van der Waals surface area contributed by atoms with E-state index in [2.05, 4.69) is 24.5 Å². The Hall–Kier alpha value is -4.14. The largest absolute Gasteiger partial charge is 0.481 e. The zero-order chi connectivity index (χ0) is 31.7. The molecule has 0 saturated carbocycles. The van der Waals surface area contributed by atoms with Crippen LogP contribution < -0.4 is 10.6 Å². The van der Waals surface area contributed by atoms with Crippen molar-refractivity contribution in [2.75, 3.05) is 19.8 Å². The van der Waals surface area contributed by atoms with E-state index < -0.39 is 24.0 Å². The molecule has 44 heavy (non-hydrogen) atoms. The number of carboxylic acid groups (broad SMARTS) is 1. The molecule has 1 atom stereocenters. The van der Waals surface area contributed by atoms with Crippen molar-refractivity contribution in [1.29, 1.82) is 0 Å². The van der Waals surface area contributed by atoms with Gasteiger partial charge in [0.05, 0.1) is 0 Å². The van der Waals surface area contributed by atoms with Crippen LogP contribution >= 0.6 is 0 Å². The highest BCUT2D eigenvalue weighted by Crippen LogP contribution is 2.44. The van der Waals surface area contributed by atoms with Gasteiger partial charge in [0.25, 0.3) is 0 Å². The maximum absolute atomic E-state index is 12.8. The van der Waals surface area contributed by atoms with Crippen LogP contribution in [0.25, 0.3) is 11.1 Å². The Kier molecular flexibility index (Phi) is 14.4. The molecule has 1 aliphatic rings. The normalized spacial score (nSPS) is 12.4. The number of allylic oxidation sites excluding steroid dienone is 1. The van der Waals surface area contributed by atoms with Crippen molar-refractivity contribution in [1.82, 2.24) is 10.6 Å². The van der Waals surface area contributed by atoms with Crippen LogP contribution in [0.2, 0.25) is 0 Å². The second kappa shape index (κ2) is 18.5. The molecule has 2 amide bonds. The molecule has 3 N–H and O–H groups in total. The van der Waals surface area contributed by atoms with Crippen LogP contribution in [-0.4, -0.2) is 54.8 Å². The number of amides is 2. The maximum atomic E-state index is 12.8. The fourth-order valence-corrected chi connectivity index (χ4v) is 5.35. The molecule has 2 aromatic rings. The molecule has 1 unspecified atom stereocenters.